The van der Waals surface area contributed by atoms with Crippen molar-refractivity contribution in [2.75, 3.05) is 6.54 Å². The van der Waals surface area contributed by atoms with Crippen molar-refractivity contribution in [3.63, 3.8) is 0 Å². The molecule has 102 valence electrons. The zero-order valence-corrected chi connectivity index (χ0v) is 10.4. The fourth-order valence-corrected chi connectivity index (χ4v) is 1.91. The Labute approximate surface area is 110 Å². The molecular weight excluding hydrogens is 249 g/mol. The first-order valence-corrected chi connectivity index (χ1v) is 6.19. The van der Waals surface area contributed by atoms with E-state index < -0.39 is 0 Å². The number of benzene rings is 1. The van der Waals surface area contributed by atoms with E-state index in [1.54, 1.807) is 18.2 Å². The molecule has 1 aliphatic rings. The Hall–Kier alpha value is -2.11. The lowest BCUT2D eigenvalue weighted by Gasteiger charge is -2.23. The average Bonchev–Trinajstić information content (AvgIpc) is 2.40. The SMILES string of the molecule is O=C1CCC(NC(=O)NCc2ccccc2F)CN1. The Morgan fingerprint density at radius 2 is 2.21 bits per heavy atom. The second kappa shape index (κ2) is 6.17. The topological polar surface area (TPSA) is 70.2 Å². The summed E-state index contributed by atoms with van der Waals surface area (Å²) in [6.45, 7) is 0.573. The third kappa shape index (κ3) is 3.94. The zero-order chi connectivity index (χ0) is 13.7. The highest BCUT2D eigenvalue weighted by molar-refractivity contribution is 5.78. The molecule has 19 heavy (non-hydrogen) atoms. The van der Waals surface area contributed by atoms with E-state index in [-0.39, 0.29) is 30.3 Å². The molecule has 0 saturated carbocycles. The van der Waals surface area contributed by atoms with Crippen LogP contribution in [-0.2, 0) is 11.3 Å². The van der Waals surface area contributed by atoms with Gasteiger partial charge in [-0.05, 0) is 12.5 Å². The average molecular weight is 265 g/mol. The smallest absolute Gasteiger partial charge is 0.315 e. The van der Waals surface area contributed by atoms with Crippen LogP contribution in [0.25, 0.3) is 0 Å². The van der Waals surface area contributed by atoms with Gasteiger partial charge < -0.3 is 16.0 Å². The molecule has 1 fully saturated rings. The minimum Gasteiger partial charge on any atom is -0.354 e. The van der Waals surface area contributed by atoms with Crippen LogP contribution in [-0.4, -0.2) is 24.5 Å². The summed E-state index contributed by atoms with van der Waals surface area (Å²) in [5.74, 6) is -0.336. The molecule has 1 heterocycles. The van der Waals surface area contributed by atoms with Gasteiger partial charge in [-0.25, -0.2) is 9.18 Å². The molecule has 1 atom stereocenters. The number of nitrogens with one attached hydrogen (secondary N) is 3. The van der Waals surface area contributed by atoms with Gasteiger partial charge in [0.15, 0.2) is 0 Å². The Bertz CT molecular complexity index is 469. The van der Waals surface area contributed by atoms with E-state index >= 15 is 0 Å². The summed E-state index contributed by atoms with van der Waals surface area (Å²) < 4.78 is 13.3. The second-order valence-electron chi connectivity index (χ2n) is 4.46. The molecule has 1 saturated heterocycles. The monoisotopic (exact) mass is 265 g/mol. The van der Waals surface area contributed by atoms with Crippen molar-refractivity contribution >= 4 is 11.9 Å². The largest absolute Gasteiger partial charge is 0.354 e. The van der Waals surface area contributed by atoms with Crippen molar-refractivity contribution in [1.82, 2.24) is 16.0 Å². The molecule has 0 radical (unpaired) electrons. The first-order chi connectivity index (χ1) is 9.15. The number of hydrogen-bond acceptors (Lipinski definition) is 2. The lowest BCUT2D eigenvalue weighted by atomic mass is 10.1. The van der Waals surface area contributed by atoms with Crippen LogP contribution < -0.4 is 16.0 Å². The van der Waals surface area contributed by atoms with Gasteiger partial charge in [-0.1, -0.05) is 18.2 Å². The first-order valence-electron chi connectivity index (χ1n) is 6.19. The van der Waals surface area contributed by atoms with Gasteiger partial charge in [0.05, 0.1) is 0 Å². The van der Waals surface area contributed by atoms with Crippen LogP contribution in [0.1, 0.15) is 18.4 Å². The molecule has 0 spiro atoms. The summed E-state index contributed by atoms with van der Waals surface area (Å²) >= 11 is 0. The van der Waals surface area contributed by atoms with Gasteiger partial charge in [0.1, 0.15) is 5.82 Å². The minimum atomic E-state index is -0.357. The van der Waals surface area contributed by atoms with Gasteiger partial charge in [0.2, 0.25) is 5.91 Å². The molecule has 2 rings (SSSR count). The van der Waals surface area contributed by atoms with E-state index in [1.165, 1.54) is 6.07 Å². The van der Waals surface area contributed by atoms with E-state index in [0.717, 1.165) is 0 Å². The molecule has 3 N–H and O–H groups in total. The third-order valence-electron chi connectivity index (χ3n) is 3.00. The standard InChI is InChI=1S/C13H16FN3O2/c14-11-4-2-1-3-9(11)7-16-13(19)17-10-5-6-12(18)15-8-10/h1-4,10H,5-8H2,(H,15,18)(H2,16,17,19). The third-order valence-corrected chi connectivity index (χ3v) is 3.00. The number of urea groups is 1. The number of rotatable bonds is 3. The number of halogens is 1. The predicted octanol–water partition coefficient (Wildman–Crippen LogP) is 0.903. The van der Waals surface area contributed by atoms with E-state index in [1.807, 2.05) is 0 Å². The molecule has 0 aliphatic carbocycles. The maximum Gasteiger partial charge on any atom is 0.315 e. The predicted molar refractivity (Wildman–Crippen MR) is 67.8 cm³/mol. The Morgan fingerprint density at radius 3 is 2.89 bits per heavy atom. The molecule has 0 bridgehead atoms. The Morgan fingerprint density at radius 1 is 1.42 bits per heavy atom. The molecule has 3 amide bonds. The first kappa shape index (κ1) is 13.3. The molecule has 5 nitrogen and oxygen atoms in total. The summed E-state index contributed by atoms with van der Waals surface area (Å²) in [6, 6.07) is 5.86. The van der Waals surface area contributed by atoms with Crippen LogP contribution in [0.3, 0.4) is 0 Å². The number of piperidine rings is 1. The van der Waals surface area contributed by atoms with Crippen LogP contribution in [0.2, 0.25) is 0 Å². The van der Waals surface area contributed by atoms with Crippen molar-refractivity contribution in [3.8, 4) is 0 Å². The number of hydrogen-bond donors (Lipinski definition) is 3. The molecule has 1 unspecified atom stereocenters. The fourth-order valence-electron chi connectivity index (χ4n) is 1.91. The van der Waals surface area contributed by atoms with Crippen molar-refractivity contribution in [2.24, 2.45) is 0 Å². The van der Waals surface area contributed by atoms with E-state index in [9.17, 15) is 14.0 Å². The van der Waals surface area contributed by atoms with Gasteiger partial charge in [-0.3, -0.25) is 4.79 Å². The lowest BCUT2D eigenvalue weighted by Crippen LogP contribution is -2.50. The highest BCUT2D eigenvalue weighted by Crippen LogP contribution is 2.06. The highest BCUT2D eigenvalue weighted by atomic mass is 19.1. The van der Waals surface area contributed by atoms with Gasteiger partial charge in [-0.15, -0.1) is 0 Å². The van der Waals surface area contributed by atoms with Crippen molar-refractivity contribution in [2.45, 2.75) is 25.4 Å². The molecular formula is C13H16FN3O2. The normalized spacial score (nSPS) is 18.6. The minimum absolute atomic E-state index is 0.00446. The summed E-state index contributed by atoms with van der Waals surface area (Å²) in [4.78, 5) is 22.6. The Balaban J connectivity index is 1.76. The summed E-state index contributed by atoms with van der Waals surface area (Å²) in [5, 5.41) is 8.02. The van der Waals surface area contributed by atoms with Gasteiger partial charge in [0, 0.05) is 31.1 Å². The van der Waals surface area contributed by atoms with Crippen LogP contribution in [0.5, 0.6) is 0 Å². The van der Waals surface area contributed by atoms with Crippen LogP contribution in [0, 0.1) is 5.82 Å². The summed E-state index contributed by atoms with van der Waals surface area (Å²) in [6.07, 6.45) is 1.04. The van der Waals surface area contributed by atoms with E-state index in [0.29, 0.717) is 24.9 Å². The molecule has 0 aromatic heterocycles. The van der Waals surface area contributed by atoms with Crippen molar-refractivity contribution in [1.29, 1.82) is 0 Å². The molecule has 6 heteroatoms. The number of carbonyl (C=O) groups is 2. The highest BCUT2D eigenvalue weighted by Gasteiger charge is 2.19. The molecule has 1 aromatic rings. The lowest BCUT2D eigenvalue weighted by molar-refractivity contribution is -0.122. The van der Waals surface area contributed by atoms with Crippen LogP contribution in [0.4, 0.5) is 9.18 Å². The molecule has 1 aliphatic heterocycles. The number of carbonyl (C=O) groups excluding carboxylic acids is 2. The summed E-state index contributed by atoms with van der Waals surface area (Å²) in [7, 11) is 0. The maximum absolute atomic E-state index is 13.3. The van der Waals surface area contributed by atoms with Gasteiger partial charge in [0.25, 0.3) is 0 Å². The number of amides is 3. The van der Waals surface area contributed by atoms with E-state index in [4.69, 9.17) is 0 Å². The van der Waals surface area contributed by atoms with Gasteiger partial charge >= 0.3 is 6.03 Å². The quantitative estimate of drug-likeness (QED) is 0.760. The van der Waals surface area contributed by atoms with E-state index in [2.05, 4.69) is 16.0 Å². The van der Waals surface area contributed by atoms with Crippen LogP contribution >= 0.6 is 0 Å². The summed E-state index contributed by atoms with van der Waals surface area (Å²) in [5.41, 5.74) is 0.439. The zero-order valence-electron chi connectivity index (χ0n) is 10.4. The fraction of sp³-hybridized carbons (Fsp3) is 0.385. The second-order valence-corrected chi connectivity index (χ2v) is 4.46. The Kier molecular flexibility index (Phi) is 4.33. The van der Waals surface area contributed by atoms with Crippen molar-refractivity contribution in [3.05, 3.63) is 35.6 Å². The van der Waals surface area contributed by atoms with Crippen LogP contribution in [0.15, 0.2) is 24.3 Å². The maximum atomic E-state index is 13.3. The molecule has 1 aromatic carbocycles. The van der Waals surface area contributed by atoms with Crippen molar-refractivity contribution < 1.29 is 14.0 Å². The van der Waals surface area contributed by atoms with Gasteiger partial charge in [-0.2, -0.15) is 0 Å².